The number of nitrogens with zero attached hydrogens (tertiary/aromatic N) is 1. The van der Waals surface area contributed by atoms with Gasteiger partial charge in [-0.05, 0) is 46.9 Å². The molecule has 0 saturated carbocycles. The number of rotatable bonds is 6. The second-order valence-corrected chi connectivity index (χ2v) is 7.02. The third-order valence-electron chi connectivity index (χ3n) is 3.41. The Morgan fingerprint density at radius 3 is 2.67 bits per heavy atom. The van der Waals surface area contributed by atoms with Crippen LogP contribution in [-0.4, -0.2) is 19.6 Å². The molecule has 5 heteroatoms. The van der Waals surface area contributed by atoms with Crippen LogP contribution in [0.2, 0.25) is 0 Å². The van der Waals surface area contributed by atoms with Crippen LogP contribution in [0, 0.1) is 0 Å². The Balaban J connectivity index is 1.78. The average molecular weight is 322 g/mol. The van der Waals surface area contributed by atoms with Crippen LogP contribution in [0.3, 0.4) is 0 Å². The zero-order valence-corrected chi connectivity index (χ0v) is 14.5. The lowest BCUT2D eigenvalue weighted by atomic mass is 10.1. The predicted octanol–water partition coefficient (Wildman–Crippen LogP) is 3.84. The summed E-state index contributed by atoms with van der Waals surface area (Å²) in [4.78, 5) is 7.06. The predicted molar refractivity (Wildman–Crippen MR) is 94.6 cm³/mol. The van der Waals surface area contributed by atoms with E-state index in [9.17, 15) is 0 Å². The molecular formula is C16H23N3S2. The lowest BCUT2D eigenvalue weighted by molar-refractivity contribution is 0.702. The summed E-state index contributed by atoms with van der Waals surface area (Å²) >= 11 is 3.61. The number of aliphatic imine (C=N–C) groups is 1. The maximum Gasteiger partial charge on any atom is 0.191 e. The van der Waals surface area contributed by atoms with Gasteiger partial charge in [-0.3, -0.25) is 4.99 Å². The maximum atomic E-state index is 4.29. The largest absolute Gasteiger partial charge is 0.356 e. The molecule has 1 atom stereocenters. The molecule has 0 aromatic carbocycles. The van der Waals surface area contributed by atoms with Crippen molar-refractivity contribution in [2.45, 2.75) is 32.7 Å². The van der Waals surface area contributed by atoms with Crippen molar-refractivity contribution in [3.63, 3.8) is 0 Å². The SMILES string of the molecule is CCc1ccc(CNC(=NC)NCC(C)c2ccsc2)s1. The van der Waals surface area contributed by atoms with Gasteiger partial charge >= 0.3 is 0 Å². The van der Waals surface area contributed by atoms with E-state index in [0.717, 1.165) is 25.5 Å². The van der Waals surface area contributed by atoms with Crippen LogP contribution >= 0.6 is 22.7 Å². The van der Waals surface area contributed by atoms with Gasteiger partial charge < -0.3 is 10.6 Å². The second kappa shape index (κ2) is 8.20. The van der Waals surface area contributed by atoms with Crippen LogP contribution in [0.25, 0.3) is 0 Å². The Bertz CT molecular complexity index is 558. The molecule has 2 aromatic heterocycles. The number of guanidine groups is 1. The zero-order chi connectivity index (χ0) is 15.1. The van der Waals surface area contributed by atoms with E-state index in [-0.39, 0.29) is 0 Å². The molecule has 0 saturated heterocycles. The highest BCUT2D eigenvalue weighted by molar-refractivity contribution is 7.12. The Morgan fingerprint density at radius 2 is 2.05 bits per heavy atom. The molecule has 0 aliphatic heterocycles. The van der Waals surface area contributed by atoms with E-state index in [0.29, 0.717) is 5.92 Å². The van der Waals surface area contributed by atoms with Gasteiger partial charge in [-0.15, -0.1) is 11.3 Å². The summed E-state index contributed by atoms with van der Waals surface area (Å²) in [6.07, 6.45) is 1.11. The van der Waals surface area contributed by atoms with Crippen LogP contribution < -0.4 is 10.6 Å². The van der Waals surface area contributed by atoms with Crippen LogP contribution in [-0.2, 0) is 13.0 Å². The van der Waals surface area contributed by atoms with Gasteiger partial charge in [0.25, 0.3) is 0 Å². The topological polar surface area (TPSA) is 36.4 Å². The number of thiophene rings is 2. The molecule has 2 rings (SSSR count). The molecule has 2 N–H and O–H groups in total. The quantitative estimate of drug-likeness (QED) is 0.626. The first-order valence-electron chi connectivity index (χ1n) is 7.27. The van der Waals surface area contributed by atoms with Gasteiger partial charge in [0.2, 0.25) is 0 Å². The number of aryl methyl sites for hydroxylation is 1. The fourth-order valence-corrected chi connectivity index (χ4v) is 3.70. The lowest BCUT2D eigenvalue weighted by Gasteiger charge is -2.15. The van der Waals surface area contributed by atoms with Crippen molar-refractivity contribution >= 4 is 28.6 Å². The van der Waals surface area contributed by atoms with Crippen LogP contribution in [0.5, 0.6) is 0 Å². The first-order chi connectivity index (χ1) is 10.2. The Morgan fingerprint density at radius 1 is 1.24 bits per heavy atom. The Kier molecular flexibility index (Phi) is 6.26. The van der Waals surface area contributed by atoms with E-state index in [1.807, 2.05) is 18.4 Å². The molecule has 21 heavy (non-hydrogen) atoms. The van der Waals surface area contributed by atoms with Crippen molar-refractivity contribution in [3.05, 3.63) is 44.3 Å². The number of hydrogen-bond acceptors (Lipinski definition) is 3. The molecular weight excluding hydrogens is 298 g/mol. The molecule has 2 aromatic rings. The highest BCUT2D eigenvalue weighted by atomic mass is 32.1. The van der Waals surface area contributed by atoms with Crippen LogP contribution in [0.1, 0.15) is 35.1 Å². The van der Waals surface area contributed by atoms with Gasteiger partial charge in [-0.25, -0.2) is 0 Å². The molecule has 0 aliphatic carbocycles. The van der Waals surface area contributed by atoms with Crippen molar-refractivity contribution < 1.29 is 0 Å². The monoisotopic (exact) mass is 321 g/mol. The van der Waals surface area contributed by atoms with E-state index in [1.165, 1.54) is 15.3 Å². The number of hydrogen-bond donors (Lipinski definition) is 2. The van der Waals surface area contributed by atoms with E-state index < -0.39 is 0 Å². The summed E-state index contributed by atoms with van der Waals surface area (Å²) in [5.74, 6) is 1.35. The van der Waals surface area contributed by atoms with Gasteiger partial charge in [0.15, 0.2) is 5.96 Å². The van der Waals surface area contributed by atoms with Crippen molar-refractivity contribution in [1.82, 2.24) is 10.6 Å². The van der Waals surface area contributed by atoms with E-state index in [1.54, 1.807) is 11.3 Å². The molecule has 2 heterocycles. The first-order valence-corrected chi connectivity index (χ1v) is 9.03. The molecule has 0 bridgehead atoms. The molecule has 114 valence electrons. The van der Waals surface area contributed by atoms with Crippen molar-refractivity contribution in [2.75, 3.05) is 13.6 Å². The zero-order valence-electron chi connectivity index (χ0n) is 12.8. The summed E-state index contributed by atoms with van der Waals surface area (Å²) < 4.78 is 0. The molecule has 0 fully saturated rings. The van der Waals surface area contributed by atoms with E-state index in [2.05, 4.69) is 58.4 Å². The molecule has 3 nitrogen and oxygen atoms in total. The summed E-state index contributed by atoms with van der Waals surface area (Å²) in [5, 5.41) is 11.1. The minimum Gasteiger partial charge on any atom is -0.356 e. The molecule has 0 radical (unpaired) electrons. The van der Waals surface area contributed by atoms with Crippen molar-refractivity contribution in [1.29, 1.82) is 0 Å². The molecule has 0 spiro atoms. The summed E-state index contributed by atoms with van der Waals surface area (Å²) in [7, 11) is 1.82. The summed E-state index contributed by atoms with van der Waals surface area (Å²) in [6, 6.07) is 6.58. The lowest BCUT2D eigenvalue weighted by Crippen LogP contribution is -2.38. The fourth-order valence-electron chi connectivity index (χ4n) is 2.02. The first kappa shape index (κ1) is 16.0. The third kappa shape index (κ3) is 4.86. The van der Waals surface area contributed by atoms with Gasteiger partial charge in [0.05, 0.1) is 6.54 Å². The van der Waals surface area contributed by atoms with E-state index >= 15 is 0 Å². The van der Waals surface area contributed by atoms with Gasteiger partial charge in [0.1, 0.15) is 0 Å². The van der Waals surface area contributed by atoms with Gasteiger partial charge in [-0.1, -0.05) is 13.8 Å². The molecule has 1 unspecified atom stereocenters. The van der Waals surface area contributed by atoms with Gasteiger partial charge in [-0.2, -0.15) is 11.3 Å². The van der Waals surface area contributed by atoms with Crippen LogP contribution in [0.15, 0.2) is 34.0 Å². The highest BCUT2D eigenvalue weighted by Gasteiger charge is 2.07. The average Bonchev–Trinajstić information content (AvgIpc) is 3.18. The smallest absolute Gasteiger partial charge is 0.191 e. The maximum absolute atomic E-state index is 4.29. The van der Waals surface area contributed by atoms with Crippen molar-refractivity contribution in [3.8, 4) is 0 Å². The minimum absolute atomic E-state index is 0.489. The number of nitrogens with one attached hydrogen (secondary N) is 2. The normalized spacial score (nSPS) is 13.2. The summed E-state index contributed by atoms with van der Waals surface area (Å²) in [6.45, 7) is 6.14. The summed E-state index contributed by atoms with van der Waals surface area (Å²) in [5.41, 5.74) is 1.38. The van der Waals surface area contributed by atoms with Crippen LogP contribution in [0.4, 0.5) is 0 Å². The Labute approximate surface area is 135 Å². The standard InChI is InChI=1S/C16H23N3S2/c1-4-14-5-6-15(21-14)10-19-16(17-3)18-9-12(2)13-7-8-20-11-13/h5-8,11-12H,4,9-10H2,1-3H3,(H2,17,18,19). The minimum atomic E-state index is 0.489. The highest BCUT2D eigenvalue weighted by Crippen LogP contribution is 2.17. The molecule has 0 aliphatic rings. The Hall–Kier alpha value is -1.33. The second-order valence-electron chi connectivity index (χ2n) is 4.99. The van der Waals surface area contributed by atoms with Gasteiger partial charge in [0, 0.05) is 23.3 Å². The fraction of sp³-hybridized carbons (Fsp3) is 0.438. The third-order valence-corrected chi connectivity index (χ3v) is 5.34. The van der Waals surface area contributed by atoms with E-state index in [4.69, 9.17) is 0 Å². The molecule has 0 amide bonds. The van der Waals surface area contributed by atoms with Crippen molar-refractivity contribution in [2.24, 2.45) is 4.99 Å².